The third-order valence-electron chi connectivity index (χ3n) is 1.59. The van der Waals surface area contributed by atoms with Gasteiger partial charge in [0.05, 0.1) is 24.3 Å². The molecule has 0 heterocycles. The van der Waals surface area contributed by atoms with Gasteiger partial charge in [0.2, 0.25) is 0 Å². The molecule has 0 unspecified atom stereocenters. The second kappa shape index (κ2) is 4.65. The molecule has 4 nitrogen and oxygen atoms in total. The second-order valence-electron chi connectivity index (χ2n) is 2.47. The minimum Gasteiger partial charge on any atom is -0.465 e. The van der Waals surface area contributed by atoms with E-state index >= 15 is 0 Å². The van der Waals surface area contributed by atoms with Gasteiger partial charge in [0.1, 0.15) is 0 Å². The fraction of sp³-hybridized carbons (Fsp3) is 0.111. The Hall–Kier alpha value is -1.51. The largest absolute Gasteiger partial charge is 0.465 e. The van der Waals surface area contributed by atoms with Crippen LogP contribution in [0, 0.1) is 11.3 Å². The van der Waals surface area contributed by atoms with Crippen LogP contribution in [0.2, 0.25) is 0 Å². The highest BCUT2D eigenvalue weighted by Gasteiger charge is 2.08. The molecule has 0 aliphatic heterocycles. The van der Waals surface area contributed by atoms with Gasteiger partial charge in [-0.2, -0.15) is 5.26 Å². The first-order chi connectivity index (χ1) is 6.71. The van der Waals surface area contributed by atoms with E-state index in [0.717, 1.165) is 11.9 Å². The summed E-state index contributed by atoms with van der Waals surface area (Å²) in [6.07, 6.45) is 0. The number of methoxy groups -OCH3 is 1. The maximum Gasteiger partial charge on any atom is 0.337 e. The summed E-state index contributed by atoms with van der Waals surface area (Å²) in [5, 5.41) is 14.0. The second-order valence-corrected chi connectivity index (χ2v) is 3.17. The predicted molar refractivity (Wildman–Crippen MR) is 52.5 cm³/mol. The van der Waals surface area contributed by atoms with Crippen LogP contribution in [0.5, 0.6) is 0 Å². The molecule has 1 aromatic rings. The Morgan fingerprint density at radius 3 is 2.79 bits per heavy atom. The highest BCUT2D eigenvalue weighted by Crippen LogP contribution is 2.17. The summed E-state index contributed by atoms with van der Waals surface area (Å²) in [6.45, 7) is 0. The van der Waals surface area contributed by atoms with Crippen LogP contribution in [0.15, 0.2) is 23.1 Å². The molecule has 0 fully saturated rings. The quantitative estimate of drug-likeness (QED) is 0.585. The SMILES string of the molecule is COC(=O)c1cc(C#N)cc(SN)c1. The number of ether oxygens (including phenoxy) is 1. The van der Waals surface area contributed by atoms with Gasteiger partial charge >= 0.3 is 5.97 Å². The number of hydrogen-bond acceptors (Lipinski definition) is 5. The van der Waals surface area contributed by atoms with Gasteiger partial charge in [0.25, 0.3) is 0 Å². The zero-order chi connectivity index (χ0) is 10.6. The van der Waals surface area contributed by atoms with Crippen LogP contribution in [-0.2, 0) is 4.74 Å². The smallest absolute Gasteiger partial charge is 0.337 e. The number of nitriles is 1. The van der Waals surface area contributed by atoms with Crippen molar-refractivity contribution in [2.45, 2.75) is 4.90 Å². The number of hydrogen-bond donors (Lipinski definition) is 1. The minimum atomic E-state index is -0.475. The van der Waals surface area contributed by atoms with Crippen molar-refractivity contribution in [3.05, 3.63) is 29.3 Å². The monoisotopic (exact) mass is 208 g/mol. The Morgan fingerprint density at radius 2 is 2.29 bits per heavy atom. The van der Waals surface area contributed by atoms with Gasteiger partial charge < -0.3 is 4.74 Å². The van der Waals surface area contributed by atoms with E-state index in [9.17, 15) is 4.79 Å². The average molecular weight is 208 g/mol. The van der Waals surface area contributed by atoms with E-state index in [1.165, 1.54) is 13.2 Å². The minimum absolute atomic E-state index is 0.333. The molecule has 1 rings (SSSR count). The maximum absolute atomic E-state index is 11.2. The van der Waals surface area contributed by atoms with E-state index < -0.39 is 5.97 Å². The first-order valence-electron chi connectivity index (χ1n) is 3.71. The van der Waals surface area contributed by atoms with Crippen LogP contribution in [0.25, 0.3) is 0 Å². The molecule has 0 saturated carbocycles. The Balaban J connectivity index is 3.19. The third kappa shape index (κ3) is 2.25. The van der Waals surface area contributed by atoms with Crippen LogP contribution in [0.1, 0.15) is 15.9 Å². The molecule has 0 amide bonds. The van der Waals surface area contributed by atoms with Crippen molar-refractivity contribution in [2.24, 2.45) is 5.14 Å². The standard InChI is InChI=1S/C9H8N2O2S/c1-13-9(12)7-2-6(5-10)3-8(4-7)14-11/h2-4H,11H2,1H3. The number of nitrogens with two attached hydrogens (primary N) is 1. The van der Waals surface area contributed by atoms with Crippen LogP contribution in [-0.4, -0.2) is 13.1 Å². The van der Waals surface area contributed by atoms with Gasteiger partial charge in [-0.1, -0.05) is 0 Å². The fourth-order valence-electron chi connectivity index (χ4n) is 0.967. The normalized spacial score (nSPS) is 9.21. The van der Waals surface area contributed by atoms with E-state index in [1.54, 1.807) is 12.1 Å². The molecule has 0 aromatic heterocycles. The number of carbonyl (C=O) groups excluding carboxylic acids is 1. The first kappa shape index (κ1) is 10.6. The van der Waals surface area contributed by atoms with Crippen molar-refractivity contribution in [2.75, 3.05) is 7.11 Å². The zero-order valence-corrected chi connectivity index (χ0v) is 8.30. The van der Waals surface area contributed by atoms with E-state index in [1.807, 2.05) is 6.07 Å². The van der Waals surface area contributed by atoms with E-state index in [2.05, 4.69) is 4.74 Å². The van der Waals surface area contributed by atoms with Crippen molar-refractivity contribution >= 4 is 17.9 Å². The number of esters is 1. The summed E-state index contributed by atoms with van der Waals surface area (Å²) in [4.78, 5) is 11.8. The molecule has 0 saturated heterocycles. The highest BCUT2D eigenvalue weighted by molar-refractivity contribution is 7.97. The Kier molecular flexibility index (Phi) is 3.51. The van der Waals surface area contributed by atoms with E-state index in [0.29, 0.717) is 16.0 Å². The van der Waals surface area contributed by atoms with Gasteiger partial charge in [-0.05, 0) is 30.1 Å². The summed E-state index contributed by atoms with van der Waals surface area (Å²) in [5.41, 5.74) is 0.723. The van der Waals surface area contributed by atoms with Crippen LogP contribution in [0.4, 0.5) is 0 Å². The lowest BCUT2D eigenvalue weighted by atomic mass is 10.1. The lowest BCUT2D eigenvalue weighted by Crippen LogP contribution is -2.02. The number of benzene rings is 1. The van der Waals surface area contributed by atoms with E-state index in [4.69, 9.17) is 10.4 Å². The third-order valence-corrected chi connectivity index (χ3v) is 2.10. The topological polar surface area (TPSA) is 76.1 Å². The lowest BCUT2D eigenvalue weighted by molar-refractivity contribution is 0.0600. The summed E-state index contributed by atoms with van der Waals surface area (Å²) in [7, 11) is 1.29. The lowest BCUT2D eigenvalue weighted by Gasteiger charge is -2.02. The van der Waals surface area contributed by atoms with Gasteiger partial charge in [0, 0.05) is 4.90 Å². The number of nitrogens with zero attached hydrogens (tertiary/aromatic N) is 1. The first-order valence-corrected chi connectivity index (χ1v) is 4.59. The van der Waals surface area contributed by atoms with Crippen LogP contribution < -0.4 is 5.14 Å². The predicted octanol–water partition coefficient (Wildman–Crippen LogP) is 1.31. The van der Waals surface area contributed by atoms with Gasteiger partial charge in [-0.15, -0.1) is 0 Å². The highest BCUT2D eigenvalue weighted by atomic mass is 32.2. The summed E-state index contributed by atoms with van der Waals surface area (Å²) >= 11 is 0.982. The Bertz CT molecular complexity index is 398. The molecule has 0 aliphatic rings. The van der Waals surface area contributed by atoms with Crippen LogP contribution >= 0.6 is 11.9 Å². The van der Waals surface area contributed by atoms with Gasteiger partial charge in [-0.3, -0.25) is 5.14 Å². The molecular weight excluding hydrogens is 200 g/mol. The molecular formula is C9H8N2O2S. The molecule has 1 aromatic carbocycles. The summed E-state index contributed by atoms with van der Waals surface area (Å²) in [5.74, 6) is -0.475. The zero-order valence-electron chi connectivity index (χ0n) is 7.48. The maximum atomic E-state index is 11.2. The number of carbonyl (C=O) groups is 1. The van der Waals surface area contributed by atoms with Gasteiger partial charge in [0.15, 0.2) is 0 Å². The summed E-state index contributed by atoms with van der Waals surface area (Å²) in [6, 6.07) is 6.60. The van der Waals surface area contributed by atoms with Crippen molar-refractivity contribution < 1.29 is 9.53 Å². The Morgan fingerprint density at radius 1 is 1.57 bits per heavy atom. The fourth-order valence-corrected chi connectivity index (χ4v) is 1.36. The van der Waals surface area contributed by atoms with Crippen molar-refractivity contribution in [3.63, 3.8) is 0 Å². The molecule has 2 N–H and O–H groups in total. The molecule has 5 heteroatoms. The van der Waals surface area contributed by atoms with E-state index in [-0.39, 0.29) is 0 Å². The van der Waals surface area contributed by atoms with Crippen molar-refractivity contribution in [1.29, 1.82) is 5.26 Å². The number of rotatable bonds is 2. The molecule has 72 valence electrons. The molecule has 14 heavy (non-hydrogen) atoms. The molecule has 0 radical (unpaired) electrons. The summed E-state index contributed by atoms with van der Waals surface area (Å²) < 4.78 is 4.54. The average Bonchev–Trinajstić information content (AvgIpc) is 2.27. The van der Waals surface area contributed by atoms with Crippen LogP contribution in [0.3, 0.4) is 0 Å². The van der Waals surface area contributed by atoms with Gasteiger partial charge in [-0.25, -0.2) is 4.79 Å². The molecule has 0 atom stereocenters. The molecule has 0 spiro atoms. The molecule has 0 bridgehead atoms. The Labute approximate surface area is 85.8 Å². The molecule has 0 aliphatic carbocycles. The van der Waals surface area contributed by atoms with Crippen molar-refractivity contribution in [1.82, 2.24) is 0 Å². The van der Waals surface area contributed by atoms with Crippen molar-refractivity contribution in [3.8, 4) is 6.07 Å².